The Morgan fingerprint density at radius 3 is 2.87 bits per heavy atom. The maximum absolute atomic E-state index is 11.3. The number of hydrogen-bond acceptors (Lipinski definition) is 4. The molecule has 1 fully saturated rings. The molecule has 1 saturated heterocycles. The standard InChI is InChI=1S/C10H13NO3Se/c1-13-10(12)8-2-3-9(15-8)11-4-6-14-7-5-11/h2-3H,4-7H2,1H3. The Kier molecular flexibility index (Phi) is 3.46. The molecule has 1 aliphatic rings. The van der Waals surface area contributed by atoms with E-state index in [4.69, 9.17) is 9.47 Å². The zero-order valence-corrected chi connectivity index (χ0v) is 10.3. The van der Waals surface area contributed by atoms with Crippen molar-refractivity contribution < 1.29 is 14.3 Å². The first kappa shape index (κ1) is 10.7. The van der Waals surface area contributed by atoms with Crippen molar-refractivity contribution in [3.63, 3.8) is 0 Å². The van der Waals surface area contributed by atoms with E-state index in [0.717, 1.165) is 30.7 Å². The van der Waals surface area contributed by atoms with Crippen LogP contribution in [0.25, 0.3) is 0 Å². The van der Waals surface area contributed by atoms with Gasteiger partial charge in [-0.05, 0) is 0 Å². The van der Waals surface area contributed by atoms with Crippen molar-refractivity contribution in [2.24, 2.45) is 0 Å². The number of ether oxygens (including phenoxy) is 2. The van der Waals surface area contributed by atoms with E-state index in [2.05, 4.69) is 4.90 Å². The van der Waals surface area contributed by atoms with Crippen LogP contribution in [0.3, 0.4) is 0 Å². The van der Waals surface area contributed by atoms with Crippen LogP contribution in [-0.2, 0) is 9.47 Å². The molecule has 5 heteroatoms. The van der Waals surface area contributed by atoms with Crippen molar-refractivity contribution in [2.45, 2.75) is 0 Å². The third-order valence-corrected chi connectivity index (χ3v) is 4.66. The Hall–Kier alpha value is -0.771. The van der Waals surface area contributed by atoms with Crippen molar-refractivity contribution in [3.8, 4) is 0 Å². The molecule has 0 spiro atoms. The molecule has 1 aliphatic heterocycles. The van der Waals surface area contributed by atoms with E-state index < -0.39 is 0 Å². The second-order valence-corrected chi connectivity index (χ2v) is 5.46. The molecule has 4 nitrogen and oxygen atoms in total. The third kappa shape index (κ3) is 2.42. The molecule has 0 amide bonds. The molecule has 0 aromatic carbocycles. The Balaban J connectivity index is 2.08. The average molecular weight is 274 g/mol. The third-order valence-electron chi connectivity index (χ3n) is 2.30. The first-order valence-electron chi connectivity index (χ1n) is 4.82. The molecule has 15 heavy (non-hydrogen) atoms. The van der Waals surface area contributed by atoms with Crippen LogP contribution < -0.4 is 4.90 Å². The van der Waals surface area contributed by atoms with Crippen LogP contribution >= 0.6 is 0 Å². The summed E-state index contributed by atoms with van der Waals surface area (Å²) >= 11 is 0.102. The molecule has 0 unspecified atom stereocenters. The van der Waals surface area contributed by atoms with Crippen molar-refractivity contribution in [3.05, 3.63) is 16.6 Å². The molecule has 0 saturated carbocycles. The first-order chi connectivity index (χ1) is 7.31. The number of nitrogens with zero attached hydrogens (tertiary/aromatic N) is 1. The van der Waals surface area contributed by atoms with Crippen LogP contribution in [0.5, 0.6) is 0 Å². The van der Waals surface area contributed by atoms with Crippen LogP contribution in [0, 0.1) is 0 Å². The van der Waals surface area contributed by atoms with Gasteiger partial charge in [-0.1, -0.05) is 0 Å². The number of esters is 1. The fraction of sp³-hybridized carbons (Fsp3) is 0.500. The monoisotopic (exact) mass is 275 g/mol. The molecular formula is C10H13NO3Se. The van der Waals surface area contributed by atoms with Crippen LogP contribution in [0.15, 0.2) is 12.1 Å². The minimum absolute atomic E-state index is 0.102. The number of anilines is 1. The number of morpholine rings is 1. The summed E-state index contributed by atoms with van der Waals surface area (Å²) in [5.74, 6) is -0.200. The molecule has 0 bridgehead atoms. The van der Waals surface area contributed by atoms with Gasteiger partial charge in [-0.3, -0.25) is 0 Å². The molecule has 2 rings (SSSR count). The zero-order chi connectivity index (χ0) is 10.7. The summed E-state index contributed by atoms with van der Waals surface area (Å²) in [6.45, 7) is 3.41. The Morgan fingerprint density at radius 1 is 1.47 bits per heavy atom. The average Bonchev–Trinajstić information content (AvgIpc) is 2.78. The van der Waals surface area contributed by atoms with Gasteiger partial charge in [0.05, 0.1) is 0 Å². The summed E-state index contributed by atoms with van der Waals surface area (Å²) in [5.41, 5.74) is 0. The number of carbonyl (C=O) groups excluding carboxylic acids is 1. The molecule has 1 aromatic rings. The van der Waals surface area contributed by atoms with Gasteiger partial charge in [-0.25, -0.2) is 0 Å². The van der Waals surface area contributed by atoms with Gasteiger partial charge < -0.3 is 0 Å². The van der Waals surface area contributed by atoms with E-state index in [1.54, 1.807) is 0 Å². The molecule has 2 heterocycles. The van der Waals surface area contributed by atoms with E-state index in [-0.39, 0.29) is 20.5 Å². The van der Waals surface area contributed by atoms with E-state index in [0.29, 0.717) is 0 Å². The Morgan fingerprint density at radius 2 is 2.20 bits per heavy atom. The second-order valence-electron chi connectivity index (χ2n) is 3.23. The van der Waals surface area contributed by atoms with E-state index in [9.17, 15) is 4.79 Å². The van der Waals surface area contributed by atoms with Crippen LogP contribution in [0.1, 0.15) is 9.23 Å². The SMILES string of the molecule is COC(=O)c1ccc(N2CCOCC2)[se]1. The normalized spacial score (nSPS) is 16.5. The van der Waals surface area contributed by atoms with Gasteiger partial charge in [0.1, 0.15) is 0 Å². The van der Waals surface area contributed by atoms with Gasteiger partial charge >= 0.3 is 94.2 Å². The zero-order valence-electron chi connectivity index (χ0n) is 8.56. The van der Waals surface area contributed by atoms with Crippen molar-refractivity contribution >= 4 is 25.0 Å². The van der Waals surface area contributed by atoms with Gasteiger partial charge in [0, 0.05) is 0 Å². The Labute approximate surface area is 94.5 Å². The molecule has 0 N–H and O–H groups in total. The summed E-state index contributed by atoms with van der Waals surface area (Å²) in [6, 6.07) is 3.90. The second kappa shape index (κ2) is 4.83. The number of methoxy groups -OCH3 is 1. The predicted molar refractivity (Wildman–Crippen MR) is 57.8 cm³/mol. The summed E-state index contributed by atoms with van der Waals surface area (Å²) in [5, 5.41) is 0. The van der Waals surface area contributed by atoms with Crippen LogP contribution in [-0.4, -0.2) is 53.9 Å². The molecule has 0 atom stereocenters. The predicted octanol–water partition coefficient (Wildman–Crippen LogP) is 0.367. The number of hydrogen-bond donors (Lipinski definition) is 0. The summed E-state index contributed by atoms with van der Waals surface area (Å²) in [6.07, 6.45) is 0. The van der Waals surface area contributed by atoms with Crippen LogP contribution in [0.2, 0.25) is 0 Å². The fourth-order valence-electron chi connectivity index (χ4n) is 1.49. The Bertz CT molecular complexity index is 344. The topological polar surface area (TPSA) is 38.8 Å². The fourth-order valence-corrected chi connectivity index (χ4v) is 3.54. The van der Waals surface area contributed by atoms with Crippen molar-refractivity contribution in [1.29, 1.82) is 0 Å². The molecule has 0 aliphatic carbocycles. The van der Waals surface area contributed by atoms with E-state index >= 15 is 0 Å². The summed E-state index contributed by atoms with van der Waals surface area (Å²) in [4.78, 5) is 13.6. The minimum atomic E-state index is -0.200. The molecular weight excluding hydrogens is 261 g/mol. The van der Waals surface area contributed by atoms with Gasteiger partial charge in [0.25, 0.3) is 0 Å². The number of rotatable bonds is 2. The van der Waals surface area contributed by atoms with Gasteiger partial charge in [0.2, 0.25) is 0 Å². The number of carbonyl (C=O) groups is 1. The van der Waals surface area contributed by atoms with Crippen molar-refractivity contribution in [2.75, 3.05) is 38.3 Å². The van der Waals surface area contributed by atoms with Gasteiger partial charge in [-0.15, -0.1) is 0 Å². The van der Waals surface area contributed by atoms with E-state index in [1.165, 1.54) is 11.7 Å². The molecule has 1 aromatic heterocycles. The van der Waals surface area contributed by atoms with Crippen molar-refractivity contribution in [1.82, 2.24) is 0 Å². The quantitative estimate of drug-likeness (QED) is 0.577. The van der Waals surface area contributed by atoms with Gasteiger partial charge in [-0.2, -0.15) is 0 Å². The van der Waals surface area contributed by atoms with Crippen LogP contribution in [0.4, 0.5) is 4.56 Å². The van der Waals surface area contributed by atoms with E-state index in [1.807, 2.05) is 12.1 Å². The summed E-state index contributed by atoms with van der Waals surface area (Å²) < 4.78 is 12.0. The maximum atomic E-state index is 11.3. The molecule has 82 valence electrons. The first-order valence-corrected chi connectivity index (χ1v) is 6.53. The summed E-state index contributed by atoms with van der Waals surface area (Å²) in [7, 11) is 1.42. The molecule has 0 radical (unpaired) electrons. The van der Waals surface area contributed by atoms with Gasteiger partial charge in [0.15, 0.2) is 0 Å².